The highest BCUT2D eigenvalue weighted by Crippen LogP contribution is 2.25. The summed E-state index contributed by atoms with van der Waals surface area (Å²) in [6.07, 6.45) is 3.35. The van der Waals surface area contributed by atoms with E-state index in [-0.39, 0.29) is 12.0 Å². The second-order valence-electron chi connectivity index (χ2n) is 7.43. The highest BCUT2D eigenvalue weighted by atomic mass is 16.2. The van der Waals surface area contributed by atoms with Crippen LogP contribution in [0.2, 0.25) is 0 Å². The van der Waals surface area contributed by atoms with Crippen LogP contribution in [-0.4, -0.2) is 38.4 Å². The number of rotatable bonds is 7. The van der Waals surface area contributed by atoms with E-state index in [1.165, 1.54) is 4.68 Å². The van der Waals surface area contributed by atoms with Gasteiger partial charge in [-0.2, -0.15) is 5.10 Å². The molecule has 0 aliphatic rings. The van der Waals surface area contributed by atoms with E-state index < -0.39 is 23.6 Å². The number of benzene rings is 2. The Morgan fingerprint density at radius 2 is 1.78 bits per heavy atom. The number of hydrogen-bond acceptors (Lipinski definition) is 5. The molecule has 1 unspecified atom stereocenters. The number of aromatic nitrogens is 3. The van der Waals surface area contributed by atoms with Crippen LogP contribution in [0.3, 0.4) is 0 Å². The van der Waals surface area contributed by atoms with E-state index in [2.05, 4.69) is 15.4 Å². The number of amides is 2. The van der Waals surface area contributed by atoms with Gasteiger partial charge in [0.15, 0.2) is 0 Å². The van der Waals surface area contributed by atoms with E-state index in [1.54, 1.807) is 19.4 Å². The van der Waals surface area contributed by atoms with Crippen LogP contribution >= 0.6 is 0 Å². The Labute approximate surface area is 184 Å². The number of nitrogens with one attached hydrogen (secondary N) is 1. The predicted octanol–water partition coefficient (Wildman–Crippen LogP) is 2.03. The molecule has 8 nitrogen and oxygen atoms in total. The third-order valence-electron chi connectivity index (χ3n) is 5.08. The van der Waals surface area contributed by atoms with Gasteiger partial charge in [0, 0.05) is 36.8 Å². The number of nitrogens with two attached hydrogens (primary N) is 1. The molecule has 0 bridgehead atoms. The summed E-state index contributed by atoms with van der Waals surface area (Å²) in [7, 11) is 1.70. The molecule has 8 heteroatoms. The summed E-state index contributed by atoms with van der Waals surface area (Å²) in [4.78, 5) is 41.6. The quantitative estimate of drug-likeness (QED) is 0.437. The molecule has 0 radical (unpaired) electrons. The standard InChI is InChI=1S/C24H21N5O3/c1-29-14-18(21(28-29)17-12-16-9-5-6-10-19(16)26-13-17)24(32)27-20(22(30)23(25)31)11-15-7-3-2-4-8-15/h2-10,12-14,20H,11H2,1H3,(H2,25,31)(H,27,32). The Morgan fingerprint density at radius 1 is 1.06 bits per heavy atom. The highest BCUT2D eigenvalue weighted by molar-refractivity contribution is 6.38. The molecule has 160 valence electrons. The minimum absolute atomic E-state index is 0.140. The van der Waals surface area contributed by atoms with Crippen LogP contribution in [0, 0.1) is 0 Å². The van der Waals surface area contributed by atoms with Crippen molar-refractivity contribution in [2.45, 2.75) is 12.5 Å². The first-order chi connectivity index (χ1) is 15.4. The highest BCUT2D eigenvalue weighted by Gasteiger charge is 2.27. The minimum Gasteiger partial charge on any atom is -0.363 e. The van der Waals surface area contributed by atoms with Gasteiger partial charge in [-0.15, -0.1) is 0 Å². The Balaban J connectivity index is 1.65. The molecule has 0 saturated carbocycles. The fourth-order valence-corrected chi connectivity index (χ4v) is 3.54. The van der Waals surface area contributed by atoms with Gasteiger partial charge in [-0.05, 0) is 17.7 Å². The second-order valence-corrected chi connectivity index (χ2v) is 7.43. The number of carbonyl (C=O) groups excluding carboxylic acids is 3. The maximum atomic E-state index is 13.2. The molecule has 1 atom stereocenters. The molecule has 0 aliphatic carbocycles. The van der Waals surface area contributed by atoms with Gasteiger partial charge in [0.1, 0.15) is 11.7 Å². The maximum Gasteiger partial charge on any atom is 0.287 e. The summed E-state index contributed by atoms with van der Waals surface area (Å²) in [5.74, 6) is -2.49. The zero-order valence-electron chi connectivity index (χ0n) is 17.4. The van der Waals surface area contributed by atoms with Crippen molar-refractivity contribution in [1.82, 2.24) is 20.1 Å². The van der Waals surface area contributed by atoms with E-state index in [9.17, 15) is 14.4 Å². The van der Waals surface area contributed by atoms with Gasteiger partial charge < -0.3 is 11.1 Å². The van der Waals surface area contributed by atoms with Crippen LogP contribution in [0.15, 0.2) is 73.1 Å². The molecule has 4 rings (SSSR count). The van der Waals surface area contributed by atoms with Crippen LogP contribution < -0.4 is 11.1 Å². The maximum absolute atomic E-state index is 13.2. The topological polar surface area (TPSA) is 120 Å². The van der Waals surface area contributed by atoms with Crippen molar-refractivity contribution in [2.75, 3.05) is 0 Å². The van der Waals surface area contributed by atoms with Gasteiger partial charge in [-0.3, -0.25) is 24.0 Å². The summed E-state index contributed by atoms with van der Waals surface area (Å²) in [6.45, 7) is 0. The Bertz CT molecular complexity index is 1310. The van der Waals surface area contributed by atoms with Crippen LogP contribution in [0.5, 0.6) is 0 Å². The molecular weight excluding hydrogens is 406 g/mol. The molecule has 0 fully saturated rings. The molecule has 3 N–H and O–H groups in total. The van der Waals surface area contributed by atoms with E-state index in [0.29, 0.717) is 11.3 Å². The third kappa shape index (κ3) is 4.39. The molecule has 4 aromatic rings. The number of ketones is 1. The minimum atomic E-state index is -1.10. The normalized spacial score (nSPS) is 11.8. The number of aryl methyl sites for hydroxylation is 1. The van der Waals surface area contributed by atoms with Crippen LogP contribution in [0.25, 0.3) is 22.2 Å². The zero-order chi connectivity index (χ0) is 22.7. The third-order valence-corrected chi connectivity index (χ3v) is 5.08. The summed E-state index contributed by atoms with van der Waals surface area (Å²) < 4.78 is 1.52. The summed E-state index contributed by atoms with van der Waals surface area (Å²) >= 11 is 0. The number of para-hydroxylation sites is 1. The van der Waals surface area contributed by atoms with Crippen molar-refractivity contribution in [3.8, 4) is 11.3 Å². The smallest absolute Gasteiger partial charge is 0.287 e. The molecule has 2 aromatic heterocycles. The first kappa shape index (κ1) is 20.9. The number of pyridine rings is 1. The van der Waals surface area contributed by atoms with Gasteiger partial charge in [0.2, 0.25) is 5.78 Å². The first-order valence-corrected chi connectivity index (χ1v) is 9.99. The Kier molecular flexibility index (Phi) is 5.76. The van der Waals surface area contributed by atoms with E-state index in [1.807, 2.05) is 60.7 Å². The molecule has 0 saturated heterocycles. The molecule has 2 aromatic carbocycles. The average molecular weight is 427 g/mol. The van der Waals surface area contributed by atoms with Crippen molar-refractivity contribution < 1.29 is 14.4 Å². The lowest BCUT2D eigenvalue weighted by atomic mass is 10.0. The van der Waals surface area contributed by atoms with E-state index in [4.69, 9.17) is 5.73 Å². The van der Waals surface area contributed by atoms with Crippen molar-refractivity contribution in [2.24, 2.45) is 12.8 Å². The lowest BCUT2D eigenvalue weighted by Gasteiger charge is -2.16. The van der Waals surface area contributed by atoms with Crippen LogP contribution in [-0.2, 0) is 23.1 Å². The molecular formula is C24H21N5O3. The van der Waals surface area contributed by atoms with Gasteiger partial charge in [0.25, 0.3) is 11.8 Å². The SMILES string of the molecule is Cn1cc(C(=O)NC(Cc2ccccc2)C(=O)C(N)=O)c(-c2cnc3ccccc3c2)n1. The number of carbonyl (C=O) groups is 3. The summed E-state index contributed by atoms with van der Waals surface area (Å²) in [5, 5.41) is 7.99. The monoisotopic (exact) mass is 427 g/mol. The van der Waals surface area contributed by atoms with Gasteiger partial charge in [-0.25, -0.2) is 0 Å². The van der Waals surface area contributed by atoms with Crippen molar-refractivity contribution in [3.05, 3.63) is 84.2 Å². The summed E-state index contributed by atoms with van der Waals surface area (Å²) in [5.41, 5.74) is 8.19. The van der Waals surface area contributed by atoms with Crippen LogP contribution in [0.1, 0.15) is 15.9 Å². The van der Waals surface area contributed by atoms with Crippen molar-refractivity contribution in [1.29, 1.82) is 0 Å². The average Bonchev–Trinajstić information content (AvgIpc) is 3.20. The van der Waals surface area contributed by atoms with E-state index >= 15 is 0 Å². The number of primary amides is 1. The zero-order valence-corrected chi connectivity index (χ0v) is 17.4. The first-order valence-electron chi connectivity index (χ1n) is 9.99. The number of hydrogen-bond donors (Lipinski definition) is 2. The fourth-order valence-electron chi connectivity index (χ4n) is 3.54. The van der Waals surface area contributed by atoms with Gasteiger partial charge in [-0.1, -0.05) is 48.5 Å². The Morgan fingerprint density at radius 3 is 2.53 bits per heavy atom. The van der Waals surface area contributed by atoms with Crippen LogP contribution in [0.4, 0.5) is 0 Å². The van der Waals surface area contributed by atoms with E-state index in [0.717, 1.165) is 16.5 Å². The largest absolute Gasteiger partial charge is 0.363 e. The predicted molar refractivity (Wildman–Crippen MR) is 120 cm³/mol. The van der Waals surface area contributed by atoms with Crippen molar-refractivity contribution >= 4 is 28.5 Å². The molecule has 2 heterocycles. The lowest BCUT2D eigenvalue weighted by molar-refractivity contribution is -0.137. The molecule has 2 amide bonds. The number of Topliss-reactive ketones (excluding diaryl/α,β-unsaturated/α-hetero) is 1. The molecule has 32 heavy (non-hydrogen) atoms. The molecule has 0 aliphatic heterocycles. The lowest BCUT2D eigenvalue weighted by Crippen LogP contribution is -2.47. The van der Waals surface area contributed by atoms with Gasteiger partial charge >= 0.3 is 0 Å². The Hall–Kier alpha value is -4.33. The fraction of sp³-hybridized carbons (Fsp3) is 0.125. The van der Waals surface area contributed by atoms with Crippen molar-refractivity contribution in [3.63, 3.8) is 0 Å². The summed E-state index contributed by atoms with van der Waals surface area (Å²) in [6, 6.07) is 17.5. The molecule has 0 spiro atoms. The number of fused-ring (bicyclic) bond motifs is 1. The number of nitrogens with zero attached hydrogens (tertiary/aromatic N) is 3. The van der Waals surface area contributed by atoms with Gasteiger partial charge in [0.05, 0.1) is 11.1 Å². The second kappa shape index (κ2) is 8.81.